The number of rotatable bonds is 4. The summed E-state index contributed by atoms with van der Waals surface area (Å²) in [6.07, 6.45) is 5.64. The largest absolute Gasteiger partial charge is 0.377 e. The van der Waals surface area contributed by atoms with Gasteiger partial charge in [0.2, 0.25) is 5.91 Å². The van der Waals surface area contributed by atoms with Gasteiger partial charge in [-0.05, 0) is 31.6 Å². The number of amides is 3. The summed E-state index contributed by atoms with van der Waals surface area (Å²) in [4.78, 5) is 31.2. The zero-order valence-corrected chi connectivity index (χ0v) is 15.4. The third kappa shape index (κ3) is 4.00. The Morgan fingerprint density at radius 2 is 1.88 bits per heavy atom. The maximum atomic E-state index is 12.7. The van der Waals surface area contributed by atoms with Gasteiger partial charge in [-0.2, -0.15) is 0 Å². The molecule has 3 saturated heterocycles. The van der Waals surface area contributed by atoms with Gasteiger partial charge in [0.05, 0.1) is 13.2 Å². The Hall–Kier alpha value is -1.56. The number of hydrogen-bond donors (Lipinski definition) is 0. The fourth-order valence-corrected chi connectivity index (χ4v) is 4.64. The van der Waals surface area contributed by atoms with E-state index in [1.165, 1.54) is 0 Å². The molecule has 3 atom stereocenters. The molecule has 0 bridgehead atoms. The molecule has 140 valence electrons. The average molecular weight is 349 g/mol. The van der Waals surface area contributed by atoms with E-state index < -0.39 is 0 Å². The summed E-state index contributed by atoms with van der Waals surface area (Å²) in [5, 5.41) is 0. The van der Waals surface area contributed by atoms with E-state index in [1.807, 2.05) is 21.7 Å². The molecule has 3 heterocycles. The Balaban J connectivity index is 1.66. The topological polar surface area (TPSA) is 53.1 Å². The van der Waals surface area contributed by atoms with E-state index in [4.69, 9.17) is 4.74 Å². The van der Waals surface area contributed by atoms with Gasteiger partial charge in [0, 0.05) is 51.6 Å². The molecular formula is C19H31N3O3. The monoisotopic (exact) mass is 349 g/mol. The maximum Gasteiger partial charge on any atom is 0.319 e. The first kappa shape index (κ1) is 18.2. The van der Waals surface area contributed by atoms with Gasteiger partial charge >= 0.3 is 6.03 Å². The second kappa shape index (κ2) is 8.21. The zero-order valence-electron chi connectivity index (χ0n) is 15.4. The van der Waals surface area contributed by atoms with Crippen LogP contribution < -0.4 is 0 Å². The minimum Gasteiger partial charge on any atom is -0.377 e. The van der Waals surface area contributed by atoms with Crippen LogP contribution in [0.2, 0.25) is 0 Å². The molecule has 6 heteroatoms. The highest BCUT2D eigenvalue weighted by atomic mass is 16.5. The van der Waals surface area contributed by atoms with E-state index in [0.29, 0.717) is 31.6 Å². The molecule has 3 rings (SSSR count). The third-order valence-corrected chi connectivity index (χ3v) is 5.98. The predicted octanol–water partition coefficient (Wildman–Crippen LogP) is 1.82. The standard InChI is InChI=1S/C19H31N3O3/c1-3-12-25-14-15-13-20(2)18(23)17-7-11-22(10-6-16(15)17)19(24)21-8-4-5-9-21/h3,15-17H,1,4-14H2,2H3/t15-,16+,17+/m1/s1. The molecule has 3 fully saturated rings. The number of nitrogens with zero attached hydrogens (tertiary/aromatic N) is 3. The smallest absolute Gasteiger partial charge is 0.319 e. The molecule has 0 N–H and O–H groups in total. The molecule has 0 unspecified atom stereocenters. The Kier molecular flexibility index (Phi) is 5.99. The van der Waals surface area contributed by atoms with Crippen molar-refractivity contribution >= 4 is 11.9 Å². The number of carbonyl (C=O) groups excluding carboxylic acids is 2. The minimum atomic E-state index is 0.0208. The molecule has 3 aliphatic heterocycles. The lowest BCUT2D eigenvalue weighted by Crippen LogP contribution is -2.50. The summed E-state index contributed by atoms with van der Waals surface area (Å²) < 4.78 is 5.71. The van der Waals surface area contributed by atoms with Crippen LogP contribution in [-0.4, -0.2) is 79.6 Å². The summed E-state index contributed by atoms with van der Waals surface area (Å²) in [6.45, 7) is 8.85. The number of hydrogen-bond acceptors (Lipinski definition) is 3. The van der Waals surface area contributed by atoms with Crippen molar-refractivity contribution in [3.8, 4) is 0 Å². The zero-order chi connectivity index (χ0) is 17.8. The molecule has 3 amide bonds. The Bertz CT molecular complexity index is 504. The average Bonchev–Trinajstić information content (AvgIpc) is 3.05. The van der Waals surface area contributed by atoms with Crippen LogP contribution in [0.25, 0.3) is 0 Å². The second-order valence-corrected chi connectivity index (χ2v) is 7.62. The van der Waals surface area contributed by atoms with Gasteiger partial charge in [-0.1, -0.05) is 6.08 Å². The molecule has 0 saturated carbocycles. The van der Waals surface area contributed by atoms with Crippen LogP contribution in [0.3, 0.4) is 0 Å². The van der Waals surface area contributed by atoms with Gasteiger partial charge in [0.1, 0.15) is 0 Å². The highest BCUT2D eigenvalue weighted by Crippen LogP contribution is 2.36. The van der Waals surface area contributed by atoms with Crippen LogP contribution in [-0.2, 0) is 9.53 Å². The van der Waals surface area contributed by atoms with Gasteiger partial charge in [-0.15, -0.1) is 6.58 Å². The van der Waals surface area contributed by atoms with E-state index in [9.17, 15) is 9.59 Å². The van der Waals surface area contributed by atoms with Crippen LogP contribution >= 0.6 is 0 Å². The second-order valence-electron chi connectivity index (χ2n) is 7.62. The first-order valence-corrected chi connectivity index (χ1v) is 9.59. The highest BCUT2D eigenvalue weighted by Gasteiger charge is 2.43. The third-order valence-electron chi connectivity index (χ3n) is 5.98. The van der Waals surface area contributed by atoms with E-state index in [0.717, 1.165) is 51.9 Å². The normalized spacial score (nSPS) is 30.2. The van der Waals surface area contributed by atoms with Crippen molar-refractivity contribution in [1.82, 2.24) is 14.7 Å². The van der Waals surface area contributed by atoms with Crippen molar-refractivity contribution in [1.29, 1.82) is 0 Å². The number of likely N-dealkylation sites (tertiary alicyclic amines) is 3. The number of fused-ring (bicyclic) bond motifs is 1. The van der Waals surface area contributed by atoms with Crippen LogP contribution in [0.1, 0.15) is 25.7 Å². The summed E-state index contributed by atoms with van der Waals surface area (Å²) in [7, 11) is 1.89. The maximum absolute atomic E-state index is 12.7. The lowest BCUT2D eigenvalue weighted by atomic mass is 9.75. The molecule has 0 spiro atoms. The van der Waals surface area contributed by atoms with Crippen LogP contribution in [0, 0.1) is 17.8 Å². The minimum absolute atomic E-state index is 0.0208. The molecule has 0 aromatic rings. The molecular weight excluding hydrogens is 318 g/mol. The van der Waals surface area contributed by atoms with E-state index >= 15 is 0 Å². The van der Waals surface area contributed by atoms with Gasteiger partial charge in [-0.3, -0.25) is 4.79 Å². The van der Waals surface area contributed by atoms with Gasteiger partial charge in [0.25, 0.3) is 0 Å². The summed E-state index contributed by atoms with van der Waals surface area (Å²) in [5.41, 5.74) is 0. The van der Waals surface area contributed by atoms with Crippen molar-refractivity contribution < 1.29 is 14.3 Å². The Morgan fingerprint density at radius 1 is 1.20 bits per heavy atom. The van der Waals surface area contributed by atoms with Crippen LogP contribution in [0.4, 0.5) is 4.79 Å². The predicted molar refractivity (Wildman–Crippen MR) is 96.1 cm³/mol. The van der Waals surface area contributed by atoms with Crippen LogP contribution in [0.5, 0.6) is 0 Å². The summed E-state index contributed by atoms with van der Waals surface area (Å²) in [6, 6.07) is 0.163. The Labute approximate surface area is 150 Å². The van der Waals surface area contributed by atoms with Crippen LogP contribution in [0.15, 0.2) is 12.7 Å². The number of ether oxygens (including phenoxy) is 1. The first-order chi connectivity index (χ1) is 12.1. The van der Waals surface area contributed by atoms with Crippen molar-refractivity contribution in [2.45, 2.75) is 25.7 Å². The van der Waals surface area contributed by atoms with Crippen molar-refractivity contribution in [3.05, 3.63) is 12.7 Å². The molecule has 0 aliphatic carbocycles. The number of urea groups is 1. The Morgan fingerprint density at radius 3 is 2.60 bits per heavy atom. The first-order valence-electron chi connectivity index (χ1n) is 9.59. The molecule has 0 radical (unpaired) electrons. The SMILES string of the molecule is C=CCOC[C@H]1CN(C)C(=O)[C@H]2CCN(C(=O)N3CCCC3)CC[C@@H]12. The fraction of sp³-hybridized carbons (Fsp3) is 0.789. The van der Waals surface area contributed by atoms with E-state index in [1.54, 1.807) is 6.08 Å². The highest BCUT2D eigenvalue weighted by molar-refractivity contribution is 5.80. The number of carbonyl (C=O) groups is 2. The van der Waals surface area contributed by atoms with E-state index in [-0.39, 0.29) is 17.9 Å². The lowest BCUT2D eigenvalue weighted by Gasteiger charge is -2.41. The van der Waals surface area contributed by atoms with Crippen molar-refractivity contribution in [2.24, 2.45) is 17.8 Å². The molecule has 0 aromatic heterocycles. The molecule has 6 nitrogen and oxygen atoms in total. The van der Waals surface area contributed by atoms with Crippen molar-refractivity contribution in [3.63, 3.8) is 0 Å². The summed E-state index contributed by atoms with van der Waals surface area (Å²) in [5.74, 6) is 0.910. The quantitative estimate of drug-likeness (QED) is 0.575. The van der Waals surface area contributed by atoms with Gasteiger partial charge < -0.3 is 19.4 Å². The van der Waals surface area contributed by atoms with E-state index in [2.05, 4.69) is 6.58 Å². The molecule has 0 aromatic carbocycles. The summed E-state index contributed by atoms with van der Waals surface area (Å²) >= 11 is 0. The number of piperidine rings is 1. The van der Waals surface area contributed by atoms with Gasteiger partial charge in [0.15, 0.2) is 0 Å². The molecule has 25 heavy (non-hydrogen) atoms. The fourth-order valence-electron chi connectivity index (χ4n) is 4.64. The van der Waals surface area contributed by atoms with Gasteiger partial charge in [-0.25, -0.2) is 4.79 Å². The molecule has 3 aliphatic rings. The van der Waals surface area contributed by atoms with Crippen molar-refractivity contribution in [2.75, 3.05) is 53.0 Å². The lowest BCUT2D eigenvalue weighted by molar-refractivity contribution is -0.144.